The number of ketones is 1. The summed E-state index contributed by atoms with van der Waals surface area (Å²) < 4.78 is 11.9. The van der Waals surface area contributed by atoms with E-state index in [0.717, 1.165) is 25.0 Å². The zero-order valence-electron chi connectivity index (χ0n) is 22.0. The number of carbonyl (C=O) groups excluding carboxylic acids is 4. The average molecular weight is 607 g/mol. The third kappa shape index (κ3) is 10.9. The Morgan fingerprint density at radius 2 is 1.82 bits per heavy atom. The Labute approximate surface area is 241 Å². The molecule has 3 amide bonds. The molecule has 1 fully saturated rings. The van der Waals surface area contributed by atoms with Crippen LogP contribution in [0.25, 0.3) is 0 Å². The smallest absolute Gasteiger partial charge is 0.289 e. The van der Waals surface area contributed by atoms with E-state index in [0.29, 0.717) is 28.5 Å². The lowest BCUT2D eigenvalue weighted by molar-refractivity contribution is -0.140. The molecule has 0 aromatic heterocycles. The lowest BCUT2D eigenvalue weighted by Crippen LogP contribution is -2.54. The van der Waals surface area contributed by atoms with Gasteiger partial charge in [-0.3, -0.25) is 19.2 Å². The number of Topliss-reactive ketones (excluding diaryl/α,β-unsaturated/α-hetero) is 1. The van der Waals surface area contributed by atoms with Gasteiger partial charge in [-0.1, -0.05) is 60.3 Å². The van der Waals surface area contributed by atoms with Gasteiger partial charge in [0.1, 0.15) is 12.1 Å². The van der Waals surface area contributed by atoms with Crippen molar-refractivity contribution in [1.29, 1.82) is 0 Å². The van der Waals surface area contributed by atoms with Crippen LogP contribution in [-0.4, -0.2) is 57.3 Å². The maximum absolute atomic E-state index is 13.3. The summed E-state index contributed by atoms with van der Waals surface area (Å²) >= 11 is 12.1. The molecular weight excluding hydrogens is 569 g/mol. The number of halogens is 2. The number of unbranched alkanes of at least 4 members (excludes halogenated alkanes) is 1. The minimum atomic E-state index is -1.15. The van der Waals surface area contributed by atoms with Gasteiger partial charge in [0.2, 0.25) is 17.6 Å². The molecule has 0 saturated carbocycles. The summed E-state index contributed by atoms with van der Waals surface area (Å²) in [6.45, 7) is 5.82. The van der Waals surface area contributed by atoms with Crippen molar-refractivity contribution in [3.8, 4) is 0 Å². The highest BCUT2D eigenvalue weighted by Gasteiger charge is 2.31. The van der Waals surface area contributed by atoms with Crippen LogP contribution in [0.4, 0.5) is 0 Å². The standard InChI is InChI=1S/C26H37Cl2N3O5S2/c1-4-29-26(35)24(33)21(15-17-9-10-19(27)20(28)14-17)31-25(34)22(13-16(2)3)30-23(32)8-6-5-7-18-11-12-37-38(18)36/h9-10,14,16,18,21-22H,4-8,11-13,15H2,1-3H3,(H,29,35)(H,30,32)(H,31,34)/t18?,21-,22-,38?/m0/s1. The Balaban J connectivity index is 2.04. The first-order valence-electron chi connectivity index (χ1n) is 12.9. The van der Waals surface area contributed by atoms with Crippen molar-refractivity contribution in [3.63, 3.8) is 0 Å². The van der Waals surface area contributed by atoms with Gasteiger partial charge in [0.05, 0.1) is 19.9 Å². The number of amides is 3. The molecule has 4 atom stereocenters. The van der Waals surface area contributed by atoms with E-state index >= 15 is 0 Å². The van der Waals surface area contributed by atoms with E-state index in [9.17, 15) is 23.4 Å². The largest absolute Gasteiger partial charge is 0.350 e. The molecular formula is C26H37Cl2N3O5S2. The number of likely N-dealkylation sites (N-methyl/N-ethyl adjacent to an activating group) is 1. The lowest BCUT2D eigenvalue weighted by Gasteiger charge is -2.24. The van der Waals surface area contributed by atoms with Crippen LogP contribution in [0, 0.1) is 5.92 Å². The molecule has 212 valence electrons. The Hall–Kier alpha value is -1.62. The molecule has 12 heteroatoms. The Morgan fingerprint density at radius 1 is 1.08 bits per heavy atom. The van der Waals surface area contributed by atoms with Gasteiger partial charge < -0.3 is 16.0 Å². The first-order chi connectivity index (χ1) is 18.0. The maximum Gasteiger partial charge on any atom is 0.289 e. The number of benzene rings is 1. The minimum Gasteiger partial charge on any atom is -0.350 e. The molecule has 2 unspecified atom stereocenters. The summed E-state index contributed by atoms with van der Waals surface area (Å²) in [7, 11) is 0.651. The predicted molar refractivity (Wildman–Crippen MR) is 155 cm³/mol. The molecule has 1 aromatic rings. The molecule has 0 spiro atoms. The first kappa shape index (κ1) is 32.6. The lowest BCUT2D eigenvalue weighted by atomic mass is 9.99. The van der Waals surface area contributed by atoms with Gasteiger partial charge in [-0.25, -0.2) is 4.21 Å². The number of hydrogen-bond donors (Lipinski definition) is 3. The first-order valence-corrected chi connectivity index (χ1v) is 16.4. The van der Waals surface area contributed by atoms with Gasteiger partial charge >= 0.3 is 0 Å². The highest BCUT2D eigenvalue weighted by atomic mass is 35.5. The third-order valence-corrected chi connectivity index (χ3v) is 10.5. The van der Waals surface area contributed by atoms with Gasteiger partial charge in [0.25, 0.3) is 5.91 Å². The number of nitrogens with one attached hydrogen (secondary N) is 3. The van der Waals surface area contributed by atoms with E-state index in [1.807, 2.05) is 13.8 Å². The van der Waals surface area contributed by atoms with Crippen LogP contribution < -0.4 is 16.0 Å². The van der Waals surface area contributed by atoms with Crippen molar-refractivity contribution < 1.29 is 23.4 Å². The van der Waals surface area contributed by atoms with E-state index in [1.165, 1.54) is 10.8 Å². The van der Waals surface area contributed by atoms with E-state index in [-0.39, 0.29) is 36.5 Å². The second-order valence-corrected chi connectivity index (χ2v) is 14.1. The molecule has 2 rings (SSSR count). The molecule has 8 nitrogen and oxygen atoms in total. The van der Waals surface area contributed by atoms with Crippen LogP contribution in [0.1, 0.15) is 64.9 Å². The molecule has 1 aliphatic rings. The van der Waals surface area contributed by atoms with E-state index < -0.39 is 39.5 Å². The predicted octanol–water partition coefficient (Wildman–Crippen LogP) is 3.99. The van der Waals surface area contributed by atoms with Gasteiger partial charge in [-0.05, 0) is 56.2 Å². The molecule has 1 aliphatic heterocycles. The van der Waals surface area contributed by atoms with E-state index in [2.05, 4.69) is 16.0 Å². The molecule has 1 heterocycles. The molecule has 0 bridgehead atoms. The van der Waals surface area contributed by atoms with Gasteiger partial charge in [0, 0.05) is 30.4 Å². The summed E-state index contributed by atoms with van der Waals surface area (Å²) in [4.78, 5) is 51.1. The highest BCUT2D eigenvalue weighted by molar-refractivity contribution is 8.69. The van der Waals surface area contributed by atoms with Crippen LogP contribution in [0.3, 0.4) is 0 Å². The zero-order valence-corrected chi connectivity index (χ0v) is 25.2. The third-order valence-electron chi connectivity index (χ3n) is 6.07. The van der Waals surface area contributed by atoms with Crippen LogP contribution in [0.2, 0.25) is 10.0 Å². The second-order valence-electron chi connectivity index (χ2n) is 9.73. The summed E-state index contributed by atoms with van der Waals surface area (Å²) in [5.74, 6) is -1.38. The monoisotopic (exact) mass is 605 g/mol. The molecule has 3 N–H and O–H groups in total. The van der Waals surface area contributed by atoms with E-state index in [1.54, 1.807) is 25.1 Å². The van der Waals surface area contributed by atoms with Gasteiger partial charge in [0.15, 0.2) is 0 Å². The van der Waals surface area contributed by atoms with Gasteiger partial charge in [-0.2, -0.15) is 0 Å². The summed E-state index contributed by atoms with van der Waals surface area (Å²) in [6.07, 6.45) is 3.83. The van der Waals surface area contributed by atoms with Crippen LogP contribution >= 0.6 is 34.0 Å². The van der Waals surface area contributed by atoms with E-state index in [4.69, 9.17) is 23.2 Å². The maximum atomic E-state index is 13.3. The molecule has 0 radical (unpaired) electrons. The highest BCUT2D eigenvalue weighted by Crippen LogP contribution is 2.29. The van der Waals surface area contributed by atoms with Crippen molar-refractivity contribution >= 4 is 67.3 Å². The molecule has 1 saturated heterocycles. The fourth-order valence-corrected chi connectivity index (χ4v) is 7.92. The quantitative estimate of drug-likeness (QED) is 0.158. The van der Waals surface area contributed by atoms with Gasteiger partial charge in [-0.15, -0.1) is 0 Å². The summed E-state index contributed by atoms with van der Waals surface area (Å²) in [5.41, 5.74) is 0.619. The molecule has 1 aromatic carbocycles. The summed E-state index contributed by atoms with van der Waals surface area (Å²) in [6, 6.07) is 2.83. The molecule has 0 aliphatic carbocycles. The summed E-state index contributed by atoms with van der Waals surface area (Å²) in [5, 5.41) is 8.79. The van der Waals surface area contributed by atoms with Crippen molar-refractivity contribution in [2.75, 3.05) is 12.3 Å². The average Bonchev–Trinajstić information content (AvgIpc) is 3.27. The fraction of sp³-hybridized carbons (Fsp3) is 0.615. The van der Waals surface area contributed by atoms with Crippen molar-refractivity contribution in [1.82, 2.24) is 16.0 Å². The topological polar surface area (TPSA) is 121 Å². The van der Waals surface area contributed by atoms with Crippen LogP contribution in [0.15, 0.2) is 18.2 Å². The van der Waals surface area contributed by atoms with Crippen LogP contribution in [0.5, 0.6) is 0 Å². The molecule has 38 heavy (non-hydrogen) atoms. The fourth-order valence-electron chi connectivity index (χ4n) is 4.11. The van der Waals surface area contributed by atoms with Crippen molar-refractivity contribution in [2.45, 2.75) is 83.1 Å². The Morgan fingerprint density at radius 3 is 2.42 bits per heavy atom. The zero-order chi connectivity index (χ0) is 28.2. The Bertz CT molecular complexity index is 1020. The second kappa shape index (κ2) is 16.5. The normalized spacial score (nSPS) is 18.6. The number of rotatable bonds is 15. The minimum absolute atomic E-state index is 0.0295. The number of hydrogen-bond acceptors (Lipinski definition) is 6. The Kier molecular flexibility index (Phi) is 14.1. The van der Waals surface area contributed by atoms with Crippen molar-refractivity contribution in [3.05, 3.63) is 33.8 Å². The number of carbonyl (C=O) groups is 4. The van der Waals surface area contributed by atoms with Crippen molar-refractivity contribution in [2.24, 2.45) is 5.92 Å². The SMILES string of the molecule is CCNC(=O)C(=O)[C@H](Cc1ccc(Cl)c(Cl)c1)NC(=O)[C@H](CC(C)C)NC(=O)CCCCC1CCSS1=O. The van der Waals surface area contributed by atoms with Crippen LogP contribution in [-0.2, 0) is 35.4 Å².